The highest BCUT2D eigenvalue weighted by atomic mass is 16.5. The second-order valence-electron chi connectivity index (χ2n) is 11.5. The minimum absolute atomic E-state index is 0.178. The number of nitrogens with one attached hydrogen (secondary N) is 3. The third-order valence-electron chi connectivity index (χ3n) is 8.36. The number of ketones is 1. The summed E-state index contributed by atoms with van der Waals surface area (Å²) in [4.78, 5) is 67.8. The van der Waals surface area contributed by atoms with Crippen LogP contribution in [0.15, 0.2) is 24.3 Å². The lowest BCUT2D eigenvalue weighted by Crippen LogP contribution is -2.62. The van der Waals surface area contributed by atoms with Crippen LogP contribution in [0.1, 0.15) is 77.7 Å². The van der Waals surface area contributed by atoms with Gasteiger partial charge in [0.15, 0.2) is 5.78 Å². The number of fused-ring (bicyclic) bond motifs is 1. The Morgan fingerprint density at radius 2 is 1.64 bits per heavy atom. The number of amides is 4. The highest BCUT2D eigenvalue weighted by Crippen LogP contribution is 2.23. The monoisotopic (exact) mass is 586 g/mol. The smallest absolute Gasteiger partial charge is 0.246 e. The molecule has 2 saturated heterocycles. The molecule has 1 aromatic rings. The lowest BCUT2D eigenvalue weighted by atomic mass is 9.95. The first-order valence-corrected chi connectivity index (χ1v) is 15.1. The molecule has 0 saturated carbocycles. The Labute approximate surface area is 248 Å². The first kappa shape index (κ1) is 33.0. The summed E-state index contributed by atoms with van der Waals surface area (Å²) in [7, 11) is 1.56. The summed E-state index contributed by atoms with van der Waals surface area (Å²) < 4.78 is 5.23. The second-order valence-corrected chi connectivity index (χ2v) is 11.5. The first-order valence-electron chi connectivity index (χ1n) is 15.1. The van der Waals surface area contributed by atoms with Gasteiger partial charge in [-0.15, -0.1) is 0 Å². The Morgan fingerprint density at radius 3 is 2.29 bits per heavy atom. The summed E-state index contributed by atoms with van der Waals surface area (Å²) in [5.74, 6) is -1.37. The van der Waals surface area contributed by atoms with Gasteiger partial charge < -0.3 is 30.7 Å². The van der Waals surface area contributed by atoms with E-state index < -0.39 is 42.1 Å². The van der Waals surface area contributed by atoms with Crippen molar-refractivity contribution in [3.05, 3.63) is 29.8 Å². The summed E-state index contributed by atoms with van der Waals surface area (Å²) in [6.07, 6.45) is 3.20. The summed E-state index contributed by atoms with van der Waals surface area (Å²) in [5.41, 5.74) is 0.790. The minimum Gasteiger partial charge on any atom is -0.497 e. The lowest BCUT2D eigenvalue weighted by Gasteiger charge is -2.34. The number of nitrogens with zero attached hydrogens (tertiary/aromatic N) is 1. The number of aliphatic hydroxyl groups is 1. The van der Waals surface area contributed by atoms with Gasteiger partial charge >= 0.3 is 0 Å². The Bertz CT molecular complexity index is 1110. The minimum atomic E-state index is -1.01. The zero-order chi connectivity index (χ0) is 30.8. The van der Waals surface area contributed by atoms with Crippen LogP contribution in [0.4, 0.5) is 0 Å². The number of methoxy groups -OCH3 is 1. The zero-order valence-electron chi connectivity index (χ0n) is 25.2. The van der Waals surface area contributed by atoms with Gasteiger partial charge in [0.05, 0.1) is 7.11 Å². The molecular weight excluding hydrogens is 540 g/mol. The molecule has 0 bridgehead atoms. The number of aliphatic hydroxyl groups excluding tert-OH is 1. The normalized spacial score (nSPS) is 24.8. The van der Waals surface area contributed by atoms with Gasteiger partial charge in [-0.3, -0.25) is 24.0 Å². The van der Waals surface area contributed by atoms with E-state index in [1.54, 1.807) is 24.1 Å². The third kappa shape index (κ3) is 8.77. The average Bonchev–Trinajstić information content (AvgIpc) is 3.48. The van der Waals surface area contributed by atoms with Crippen molar-refractivity contribution in [2.24, 2.45) is 5.92 Å². The van der Waals surface area contributed by atoms with Crippen molar-refractivity contribution in [2.45, 2.75) is 109 Å². The fraction of sp³-hybridized carbons (Fsp3) is 0.645. The first-order chi connectivity index (χ1) is 20.0. The van der Waals surface area contributed by atoms with Gasteiger partial charge in [-0.2, -0.15) is 0 Å². The molecule has 6 atom stereocenters. The summed E-state index contributed by atoms with van der Waals surface area (Å²) in [6, 6.07) is 3.73. The molecule has 2 aliphatic rings. The summed E-state index contributed by atoms with van der Waals surface area (Å²) in [5, 5.41) is 18.0. The maximum absolute atomic E-state index is 13.7. The molecule has 42 heavy (non-hydrogen) atoms. The van der Waals surface area contributed by atoms with Crippen LogP contribution in [0.25, 0.3) is 0 Å². The number of Topliss-reactive ketones (excluding diaryl/α,β-unsaturated/α-hetero) is 1. The number of benzene rings is 1. The maximum atomic E-state index is 13.7. The second kappa shape index (κ2) is 15.7. The molecule has 232 valence electrons. The number of carbonyl (C=O) groups excluding carboxylic acids is 5. The van der Waals surface area contributed by atoms with E-state index in [0.717, 1.165) is 5.56 Å². The number of hydrogen-bond acceptors (Lipinski definition) is 7. The van der Waals surface area contributed by atoms with E-state index in [1.165, 1.54) is 6.92 Å². The Balaban J connectivity index is 1.86. The predicted octanol–water partition coefficient (Wildman–Crippen LogP) is 1.64. The van der Waals surface area contributed by atoms with E-state index in [2.05, 4.69) is 16.0 Å². The Kier molecular flexibility index (Phi) is 12.3. The largest absolute Gasteiger partial charge is 0.497 e. The highest BCUT2D eigenvalue weighted by Gasteiger charge is 2.41. The van der Waals surface area contributed by atoms with E-state index in [0.29, 0.717) is 57.2 Å². The van der Waals surface area contributed by atoms with Gasteiger partial charge in [-0.1, -0.05) is 45.2 Å². The predicted molar refractivity (Wildman–Crippen MR) is 156 cm³/mol. The SMILES string of the molecule is CC[C@H](C)[C@@H]1NC(=O)[C@@H](Cc2ccc(OC)cc2)NC(=O)[C@H](CCCCCC(=O)[C@@H](C)O)NC(=O)[C@H]2CCCN2C1=O. The van der Waals surface area contributed by atoms with Gasteiger partial charge in [0.2, 0.25) is 23.6 Å². The van der Waals surface area contributed by atoms with Crippen LogP contribution in [-0.4, -0.2) is 83.3 Å². The molecule has 11 heteroatoms. The fourth-order valence-corrected chi connectivity index (χ4v) is 5.47. The van der Waals surface area contributed by atoms with Crippen LogP contribution in [0.5, 0.6) is 5.75 Å². The van der Waals surface area contributed by atoms with Crippen molar-refractivity contribution >= 4 is 29.4 Å². The van der Waals surface area contributed by atoms with Gasteiger partial charge in [-0.25, -0.2) is 0 Å². The molecule has 0 unspecified atom stereocenters. The molecule has 4 N–H and O–H groups in total. The van der Waals surface area contributed by atoms with E-state index in [-0.39, 0.29) is 36.4 Å². The quantitative estimate of drug-likeness (QED) is 0.272. The van der Waals surface area contributed by atoms with Crippen LogP contribution in [-0.2, 0) is 30.4 Å². The van der Waals surface area contributed by atoms with E-state index in [9.17, 15) is 29.1 Å². The van der Waals surface area contributed by atoms with Gasteiger partial charge in [0.25, 0.3) is 0 Å². The Hall–Kier alpha value is -3.47. The molecule has 2 aliphatic heterocycles. The average molecular weight is 587 g/mol. The maximum Gasteiger partial charge on any atom is 0.246 e. The molecule has 0 radical (unpaired) electrons. The topological polar surface area (TPSA) is 154 Å². The van der Waals surface area contributed by atoms with Crippen molar-refractivity contribution in [3.8, 4) is 5.75 Å². The molecule has 0 aliphatic carbocycles. The van der Waals surface area contributed by atoms with Crippen LogP contribution in [0.3, 0.4) is 0 Å². The van der Waals surface area contributed by atoms with Crippen molar-refractivity contribution in [1.29, 1.82) is 0 Å². The van der Waals surface area contributed by atoms with Gasteiger partial charge in [0.1, 0.15) is 36.0 Å². The van der Waals surface area contributed by atoms with Crippen molar-refractivity contribution in [2.75, 3.05) is 13.7 Å². The number of unbranched alkanes of at least 4 members (excludes halogenated alkanes) is 2. The fourth-order valence-electron chi connectivity index (χ4n) is 5.47. The van der Waals surface area contributed by atoms with E-state index >= 15 is 0 Å². The molecule has 2 heterocycles. The zero-order valence-corrected chi connectivity index (χ0v) is 25.2. The molecule has 0 spiro atoms. The molecule has 0 aromatic heterocycles. The van der Waals surface area contributed by atoms with Gasteiger partial charge in [0, 0.05) is 19.4 Å². The van der Waals surface area contributed by atoms with Crippen molar-refractivity contribution < 1.29 is 33.8 Å². The van der Waals surface area contributed by atoms with E-state index in [1.807, 2.05) is 26.0 Å². The van der Waals surface area contributed by atoms with E-state index in [4.69, 9.17) is 4.74 Å². The molecule has 2 fully saturated rings. The number of ether oxygens (including phenoxy) is 1. The molecule has 1 aromatic carbocycles. The van der Waals surface area contributed by atoms with Crippen LogP contribution in [0.2, 0.25) is 0 Å². The number of rotatable bonds is 12. The van der Waals surface area contributed by atoms with Crippen molar-refractivity contribution in [1.82, 2.24) is 20.9 Å². The van der Waals surface area contributed by atoms with Crippen LogP contribution in [0, 0.1) is 5.92 Å². The lowest BCUT2D eigenvalue weighted by molar-refractivity contribution is -0.144. The van der Waals surface area contributed by atoms with Crippen molar-refractivity contribution in [3.63, 3.8) is 0 Å². The van der Waals surface area contributed by atoms with Gasteiger partial charge in [-0.05, 0) is 56.2 Å². The van der Waals surface area contributed by atoms with Crippen LogP contribution < -0.4 is 20.7 Å². The Morgan fingerprint density at radius 1 is 0.976 bits per heavy atom. The molecule has 3 rings (SSSR count). The standard InChI is InChI=1S/C31H46N4O7/c1-5-19(2)27-31(41)35-17-9-11-25(35)30(40)32-23(10-7-6-8-12-26(37)20(3)36)28(38)33-24(29(39)34-27)18-21-13-15-22(42-4)16-14-21/h13-16,19-20,23-25,27,36H,5-12,17-18H2,1-4H3,(H,32,40)(H,33,38)(H,34,39)/t19-,20+,23-,24+,25+,27-/m0/s1. The number of carbonyl (C=O) groups is 5. The number of hydrogen-bond donors (Lipinski definition) is 4. The summed E-state index contributed by atoms with van der Waals surface area (Å²) in [6.45, 7) is 5.68. The molecule has 4 amide bonds. The summed E-state index contributed by atoms with van der Waals surface area (Å²) >= 11 is 0. The van der Waals surface area contributed by atoms with Crippen LogP contribution >= 0.6 is 0 Å². The molecule has 11 nitrogen and oxygen atoms in total. The highest BCUT2D eigenvalue weighted by molar-refractivity contribution is 5.98. The molecular formula is C31H46N4O7. The third-order valence-corrected chi connectivity index (χ3v) is 8.36.